The molecule has 2 heterocycles. The van der Waals surface area contributed by atoms with Crippen molar-refractivity contribution in [2.75, 3.05) is 50.1 Å². The third-order valence-electron chi connectivity index (χ3n) is 3.45. The second kappa shape index (κ2) is 6.15. The quantitative estimate of drug-likeness (QED) is 0.683. The van der Waals surface area contributed by atoms with E-state index in [1.54, 1.807) is 23.1 Å². The standard InChI is InChI=1S/C13H21N3OS2/c1-4-9(17)11-10(14)12(18-3)13(19-11)16-7-5-15(2)6-8-16/h4-8,14H2,1-3H3. The minimum Gasteiger partial charge on any atom is -0.396 e. The van der Waals surface area contributed by atoms with Crippen LogP contribution in [0.25, 0.3) is 0 Å². The van der Waals surface area contributed by atoms with E-state index in [9.17, 15) is 4.79 Å². The van der Waals surface area contributed by atoms with Crippen molar-refractivity contribution in [2.24, 2.45) is 0 Å². The van der Waals surface area contributed by atoms with Gasteiger partial charge in [0.2, 0.25) is 0 Å². The molecule has 1 aliphatic heterocycles. The van der Waals surface area contributed by atoms with E-state index in [0.717, 1.165) is 36.0 Å². The molecule has 4 nitrogen and oxygen atoms in total. The van der Waals surface area contributed by atoms with E-state index in [2.05, 4.69) is 16.8 Å². The van der Waals surface area contributed by atoms with Gasteiger partial charge in [-0.2, -0.15) is 0 Å². The lowest BCUT2D eigenvalue weighted by Crippen LogP contribution is -2.44. The van der Waals surface area contributed by atoms with E-state index in [1.807, 2.05) is 13.2 Å². The lowest BCUT2D eigenvalue weighted by atomic mass is 10.2. The Morgan fingerprint density at radius 1 is 1.37 bits per heavy atom. The fourth-order valence-electron chi connectivity index (χ4n) is 2.20. The number of piperazine rings is 1. The van der Waals surface area contributed by atoms with Gasteiger partial charge in [0.05, 0.1) is 15.5 Å². The average Bonchev–Trinajstić information content (AvgIpc) is 2.75. The highest BCUT2D eigenvalue weighted by molar-refractivity contribution is 7.99. The van der Waals surface area contributed by atoms with Crippen LogP contribution in [0, 0.1) is 0 Å². The van der Waals surface area contributed by atoms with E-state index in [0.29, 0.717) is 12.1 Å². The third kappa shape index (κ3) is 2.90. The molecule has 106 valence electrons. The van der Waals surface area contributed by atoms with Crippen LogP contribution in [0.3, 0.4) is 0 Å². The van der Waals surface area contributed by atoms with Gasteiger partial charge in [-0.05, 0) is 13.3 Å². The smallest absolute Gasteiger partial charge is 0.174 e. The number of hydrogen-bond donors (Lipinski definition) is 1. The van der Waals surface area contributed by atoms with Crippen LogP contribution in [0.5, 0.6) is 0 Å². The summed E-state index contributed by atoms with van der Waals surface area (Å²) in [5, 5.41) is 1.18. The van der Waals surface area contributed by atoms with Crippen LogP contribution in [0.4, 0.5) is 10.7 Å². The molecule has 0 saturated carbocycles. The molecular formula is C13H21N3OS2. The Labute approximate surface area is 122 Å². The Hall–Kier alpha value is -0.720. The van der Waals surface area contributed by atoms with E-state index in [4.69, 9.17) is 5.73 Å². The maximum atomic E-state index is 11.9. The first kappa shape index (κ1) is 14.7. The number of hydrogen-bond acceptors (Lipinski definition) is 6. The molecule has 0 unspecified atom stereocenters. The van der Waals surface area contributed by atoms with Crippen molar-refractivity contribution in [2.45, 2.75) is 18.2 Å². The van der Waals surface area contributed by atoms with Crippen LogP contribution in [0.2, 0.25) is 0 Å². The van der Waals surface area contributed by atoms with Crippen LogP contribution in [0.1, 0.15) is 23.0 Å². The molecule has 1 fully saturated rings. The van der Waals surface area contributed by atoms with Crippen molar-refractivity contribution in [3.05, 3.63) is 4.88 Å². The SMILES string of the molecule is CCC(=O)c1sc(N2CCN(C)CC2)c(SC)c1N. The predicted molar refractivity (Wildman–Crippen MR) is 84.8 cm³/mol. The number of nitrogens with two attached hydrogens (primary N) is 1. The van der Waals surface area contributed by atoms with Crippen LogP contribution in [0.15, 0.2) is 4.90 Å². The summed E-state index contributed by atoms with van der Waals surface area (Å²) in [5.41, 5.74) is 6.84. The molecule has 1 saturated heterocycles. The highest BCUT2D eigenvalue weighted by atomic mass is 32.2. The molecule has 0 atom stereocenters. The monoisotopic (exact) mass is 299 g/mol. The van der Waals surface area contributed by atoms with Crippen LogP contribution in [-0.2, 0) is 0 Å². The van der Waals surface area contributed by atoms with Crippen molar-refractivity contribution in [3.8, 4) is 0 Å². The Morgan fingerprint density at radius 2 is 2.00 bits per heavy atom. The van der Waals surface area contributed by atoms with Gasteiger partial charge in [-0.25, -0.2) is 0 Å². The number of rotatable bonds is 4. The fraction of sp³-hybridized carbons (Fsp3) is 0.615. The van der Waals surface area contributed by atoms with Crippen molar-refractivity contribution in [3.63, 3.8) is 0 Å². The van der Waals surface area contributed by atoms with Gasteiger partial charge >= 0.3 is 0 Å². The Bertz CT molecular complexity index is 465. The lowest BCUT2D eigenvalue weighted by molar-refractivity contribution is 0.0992. The molecule has 0 aliphatic carbocycles. The molecule has 2 rings (SSSR count). The number of Topliss-reactive ketones (excluding diaryl/α,β-unsaturated/α-hetero) is 1. The molecule has 0 bridgehead atoms. The number of nitrogen functional groups attached to an aromatic ring is 1. The summed E-state index contributed by atoms with van der Waals surface area (Å²) in [6.07, 6.45) is 2.54. The van der Waals surface area contributed by atoms with Crippen LogP contribution in [-0.4, -0.2) is 50.2 Å². The molecule has 6 heteroatoms. The number of carbonyl (C=O) groups excluding carboxylic acids is 1. The summed E-state index contributed by atoms with van der Waals surface area (Å²) < 4.78 is 0. The van der Waals surface area contributed by atoms with Gasteiger partial charge in [-0.3, -0.25) is 4.79 Å². The number of anilines is 2. The molecule has 0 amide bonds. The Kier molecular flexibility index (Phi) is 4.76. The number of thiophene rings is 1. The summed E-state index contributed by atoms with van der Waals surface area (Å²) in [7, 11) is 2.14. The molecule has 0 spiro atoms. The van der Waals surface area contributed by atoms with Crippen molar-refractivity contribution in [1.82, 2.24) is 4.90 Å². The van der Waals surface area contributed by atoms with Gasteiger partial charge in [0.1, 0.15) is 5.00 Å². The number of thioether (sulfide) groups is 1. The largest absolute Gasteiger partial charge is 0.396 e. The zero-order chi connectivity index (χ0) is 14.0. The van der Waals surface area contributed by atoms with Gasteiger partial charge in [0.15, 0.2) is 5.78 Å². The Morgan fingerprint density at radius 3 is 2.53 bits per heavy atom. The molecule has 19 heavy (non-hydrogen) atoms. The molecule has 0 aromatic carbocycles. The topological polar surface area (TPSA) is 49.6 Å². The zero-order valence-electron chi connectivity index (χ0n) is 11.7. The third-order valence-corrected chi connectivity index (χ3v) is 5.71. The zero-order valence-corrected chi connectivity index (χ0v) is 13.4. The van der Waals surface area contributed by atoms with Crippen LogP contribution >= 0.6 is 23.1 Å². The molecule has 1 aliphatic rings. The van der Waals surface area contributed by atoms with E-state index in [1.165, 1.54) is 5.00 Å². The van der Waals surface area contributed by atoms with Gasteiger partial charge in [0.25, 0.3) is 0 Å². The second-order valence-electron chi connectivity index (χ2n) is 4.75. The molecule has 1 aromatic heterocycles. The highest BCUT2D eigenvalue weighted by Gasteiger charge is 2.24. The summed E-state index contributed by atoms with van der Waals surface area (Å²) >= 11 is 3.21. The maximum Gasteiger partial charge on any atom is 0.174 e. The van der Waals surface area contributed by atoms with E-state index >= 15 is 0 Å². The van der Waals surface area contributed by atoms with Crippen molar-refractivity contribution >= 4 is 39.6 Å². The van der Waals surface area contributed by atoms with Crippen LogP contribution < -0.4 is 10.6 Å². The fourth-order valence-corrected chi connectivity index (χ4v) is 4.44. The first-order chi connectivity index (χ1) is 9.08. The normalized spacial score (nSPS) is 16.9. The van der Waals surface area contributed by atoms with Gasteiger partial charge in [-0.15, -0.1) is 23.1 Å². The summed E-state index contributed by atoms with van der Waals surface area (Å²) in [6, 6.07) is 0. The summed E-state index contributed by atoms with van der Waals surface area (Å²) in [6.45, 7) is 6.01. The number of carbonyl (C=O) groups is 1. The van der Waals surface area contributed by atoms with Gasteiger partial charge in [0, 0.05) is 32.6 Å². The highest BCUT2D eigenvalue weighted by Crippen LogP contribution is 2.44. The van der Waals surface area contributed by atoms with Gasteiger partial charge < -0.3 is 15.5 Å². The number of ketones is 1. The van der Waals surface area contributed by atoms with Crippen molar-refractivity contribution < 1.29 is 4.79 Å². The van der Waals surface area contributed by atoms with Crippen molar-refractivity contribution in [1.29, 1.82) is 0 Å². The molecule has 0 radical (unpaired) electrons. The average molecular weight is 299 g/mol. The lowest BCUT2D eigenvalue weighted by Gasteiger charge is -2.33. The Balaban J connectivity index is 2.32. The minimum absolute atomic E-state index is 0.151. The number of nitrogens with zero attached hydrogens (tertiary/aromatic N) is 2. The number of likely N-dealkylation sites (N-methyl/N-ethyl adjacent to an activating group) is 1. The molecular weight excluding hydrogens is 278 g/mol. The molecule has 1 aromatic rings. The first-order valence-corrected chi connectivity index (χ1v) is 8.55. The van der Waals surface area contributed by atoms with E-state index < -0.39 is 0 Å². The summed E-state index contributed by atoms with van der Waals surface area (Å²) in [4.78, 5) is 18.4. The minimum atomic E-state index is 0.151. The predicted octanol–water partition coefficient (Wildman–Crippen LogP) is 2.40. The summed E-state index contributed by atoms with van der Waals surface area (Å²) in [5.74, 6) is 0.151. The van der Waals surface area contributed by atoms with Gasteiger partial charge in [-0.1, -0.05) is 6.92 Å². The molecule has 2 N–H and O–H groups in total. The first-order valence-electron chi connectivity index (χ1n) is 6.51. The van der Waals surface area contributed by atoms with E-state index in [-0.39, 0.29) is 5.78 Å². The maximum absolute atomic E-state index is 11.9. The second-order valence-corrected chi connectivity index (χ2v) is 6.57.